The molecule has 144 valence electrons. The zero-order valence-electron chi connectivity index (χ0n) is 15.6. The highest BCUT2D eigenvalue weighted by Gasteiger charge is 2.26. The highest BCUT2D eigenvalue weighted by Crippen LogP contribution is 2.25. The van der Waals surface area contributed by atoms with Gasteiger partial charge in [0.15, 0.2) is 0 Å². The number of fused-ring (bicyclic) bond motifs is 1. The SMILES string of the molecule is COc1ccc(CC(=O)N2CCOC(c3cc4cc(F)ccc4cn3)C2)cc1. The standard InChI is InChI=1S/C22H21FN2O3/c1-27-19-6-2-15(3-7-19)10-22(26)25-8-9-28-21(14-25)20-12-17-11-18(23)5-4-16(17)13-24-20/h2-7,11-13,21H,8-10,14H2,1H3. The number of morpholine rings is 1. The van der Waals surface area contributed by atoms with Gasteiger partial charge in [-0.3, -0.25) is 9.78 Å². The molecule has 1 saturated heterocycles. The molecule has 0 N–H and O–H groups in total. The van der Waals surface area contributed by atoms with Crippen molar-refractivity contribution in [2.75, 3.05) is 26.8 Å². The number of hydrogen-bond acceptors (Lipinski definition) is 4. The highest BCUT2D eigenvalue weighted by molar-refractivity contribution is 5.82. The Balaban J connectivity index is 1.46. The minimum atomic E-state index is -0.318. The molecule has 0 aliphatic carbocycles. The van der Waals surface area contributed by atoms with Gasteiger partial charge in [0.25, 0.3) is 0 Å². The maximum atomic E-state index is 13.5. The Morgan fingerprint density at radius 3 is 2.82 bits per heavy atom. The van der Waals surface area contributed by atoms with Crippen LogP contribution in [0.2, 0.25) is 0 Å². The number of methoxy groups -OCH3 is 1. The molecule has 0 spiro atoms. The monoisotopic (exact) mass is 380 g/mol. The topological polar surface area (TPSA) is 51.7 Å². The number of halogens is 1. The summed E-state index contributed by atoms with van der Waals surface area (Å²) in [6.07, 6.45) is 1.72. The number of rotatable bonds is 4. The molecule has 3 aromatic rings. The Hall–Kier alpha value is -2.99. The maximum Gasteiger partial charge on any atom is 0.227 e. The van der Waals surface area contributed by atoms with Crippen molar-refractivity contribution in [2.24, 2.45) is 0 Å². The van der Waals surface area contributed by atoms with Crippen molar-refractivity contribution in [1.29, 1.82) is 0 Å². The van der Waals surface area contributed by atoms with Crippen molar-refractivity contribution in [3.05, 3.63) is 71.8 Å². The normalized spacial score (nSPS) is 16.9. The first-order chi connectivity index (χ1) is 13.6. The van der Waals surface area contributed by atoms with Crippen molar-refractivity contribution in [2.45, 2.75) is 12.5 Å². The number of ether oxygens (including phenoxy) is 2. The number of aromatic nitrogens is 1. The second kappa shape index (κ2) is 7.94. The summed E-state index contributed by atoms with van der Waals surface area (Å²) in [5.74, 6) is 0.525. The predicted octanol–water partition coefficient (Wildman–Crippen LogP) is 3.53. The fourth-order valence-electron chi connectivity index (χ4n) is 3.39. The van der Waals surface area contributed by atoms with E-state index in [0.717, 1.165) is 22.1 Å². The zero-order chi connectivity index (χ0) is 19.5. The van der Waals surface area contributed by atoms with Crippen molar-refractivity contribution >= 4 is 16.7 Å². The quantitative estimate of drug-likeness (QED) is 0.695. The maximum absolute atomic E-state index is 13.5. The summed E-state index contributed by atoms with van der Waals surface area (Å²) in [6, 6.07) is 13.9. The molecule has 1 aromatic heterocycles. The second-order valence-corrected chi connectivity index (χ2v) is 6.82. The molecule has 2 heterocycles. The Morgan fingerprint density at radius 2 is 2.04 bits per heavy atom. The van der Waals surface area contributed by atoms with Crippen molar-refractivity contribution < 1.29 is 18.7 Å². The van der Waals surface area contributed by atoms with Crippen molar-refractivity contribution in [3.63, 3.8) is 0 Å². The van der Waals surface area contributed by atoms with Crippen LogP contribution in [0.25, 0.3) is 10.8 Å². The summed E-state index contributed by atoms with van der Waals surface area (Å²) in [5.41, 5.74) is 1.65. The van der Waals surface area contributed by atoms with Gasteiger partial charge in [-0.05, 0) is 47.3 Å². The minimum Gasteiger partial charge on any atom is -0.497 e. The summed E-state index contributed by atoms with van der Waals surface area (Å²) in [5, 5.41) is 1.64. The molecule has 1 aliphatic rings. The number of hydrogen-bond donors (Lipinski definition) is 0. The first-order valence-electron chi connectivity index (χ1n) is 9.20. The van der Waals surface area contributed by atoms with Gasteiger partial charge in [0, 0.05) is 18.1 Å². The molecule has 1 fully saturated rings. The van der Waals surface area contributed by atoms with Gasteiger partial charge in [-0.25, -0.2) is 4.39 Å². The van der Waals surface area contributed by atoms with E-state index < -0.39 is 0 Å². The molecule has 0 saturated carbocycles. The van der Waals surface area contributed by atoms with Gasteiger partial charge in [-0.2, -0.15) is 0 Å². The molecule has 0 radical (unpaired) electrons. The smallest absolute Gasteiger partial charge is 0.227 e. The molecule has 28 heavy (non-hydrogen) atoms. The van der Waals surface area contributed by atoms with E-state index in [2.05, 4.69) is 4.98 Å². The van der Waals surface area contributed by atoms with Crippen LogP contribution in [0.3, 0.4) is 0 Å². The fraction of sp³-hybridized carbons (Fsp3) is 0.273. The Kier molecular flexibility index (Phi) is 5.21. The largest absolute Gasteiger partial charge is 0.497 e. The first-order valence-corrected chi connectivity index (χ1v) is 9.20. The lowest BCUT2D eigenvalue weighted by Crippen LogP contribution is -2.43. The van der Waals surface area contributed by atoms with Gasteiger partial charge >= 0.3 is 0 Å². The molecule has 1 aliphatic heterocycles. The summed E-state index contributed by atoms with van der Waals surface area (Å²) in [4.78, 5) is 19.0. The average Bonchev–Trinajstić information content (AvgIpc) is 2.74. The molecule has 1 amide bonds. The lowest BCUT2D eigenvalue weighted by molar-refractivity contribution is -0.138. The predicted molar refractivity (Wildman–Crippen MR) is 104 cm³/mol. The van der Waals surface area contributed by atoms with E-state index in [9.17, 15) is 9.18 Å². The van der Waals surface area contributed by atoms with Crippen LogP contribution in [0.5, 0.6) is 5.75 Å². The van der Waals surface area contributed by atoms with Gasteiger partial charge in [0.2, 0.25) is 5.91 Å². The number of benzene rings is 2. The van der Waals surface area contributed by atoms with E-state index in [1.54, 1.807) is 24.3 Å². The van der Waals surface area contributed by atoms with Gasteiger partial charge < -0.3 is 14.4 Å². The molecule has 0 bridgehead atoms. The Bertz CT molecular complexity index is 991. The minimum absolute atomic E-state index is 0.0466. The van der Waals surface area contributed by atoms with Crippen LogP contribution >= 0.6 is 0 Å². The fourth-order valence-corrected chi connectivity index (χ4v) is 3.39. The van der Waals surface area contributed by atoms with Gasteiger partial charge in [-0.1, -0.05) is 12.1 Å². The van der Waals surface area contributed by atoms with Crippen LogP contribution in [-0.2, 0) is 16.0 Å². The average molecular weight is 380 g/mol. The number of carbonyl (C=O) groups excluding carboxylic acids is 1. The third-order valence-corrected chi connectivity index (χ3v) is 4.97. The van der Waals surface area contributed by atoms with Crippen LogP contribution in [-0.4, -0.2) is 42.6 Å². The van der Waals surface area contributed by atoms with E-state index in [1.807, 2.05) is 30.3 Å². The first kappa shape index (κ1) is 18.4. The van der Waals surface area contributed by atoms with Gasteiger partial charge in [0.1, 0.15) is 17.7 Å². The Labute approximate surface area is 162 Å². The number of nitrogens with zero attached hydrogens (tertiary/aromatic N) is 2. The molecule has 1 atom stereocenters. The highest BCUT2D eigenvalue weighted by atomic mass is 19.1. The summed E-state index contributed by atoms with van der Waals surface area (Å²) < 4.78 is 24.5. The van der Waals surface area contributed by atoms with Crippen LogP contribution in [0.4, 0.5) is 4.39 Å². The van der Waals surface area contributed by atoms with Gasteiger partial charge in [-0.15, -0.1) is 0 Å². The van der Waals surface area contributed by atoms with E-state index in [-0.39, 0.29) is 17.8 Å². The van der Waals surface area contributed by atoms with Crippen molar-refractivity contribution in [3.8, 4) is 5.75 Å². The van der Waals surface area contributed by atoms with E-state index in [4.69, 9.17) is 9.47 Å². The molecule has 1 unspecified atom stereocenters. The third kappa shape index (κ3) is 3.97. The lowest BCUT2D eigenvalue weighted by Gasteiger charge is -2.33. The summed E-state index contributed by atoms with van der Waals surface area (Å²) in [6.45, 7) is 1.43. The van der Waals surface area contributed by atoms with Crippen molar-refractivity contribution in [1.82, 2.24) is 9.88 Å². The number of amides is 1. The number of carbonyl (C=O) groups is 1. The van der Waals surface area contributed by atoms with Crippen LogP contribution in [0, 0.1) is 5.82 Å². The van der Waals surface area contributed by atoms with Crippen LogP contribution < -0.4 is 4.74 Å². The molecule has 5 nitrogen and oxygen atoms in total. The van der Waals surface area contributed by atoms with E-state index >= 15 is 0 Å². The molecule has 4 rings (SSSR count). The zero-order valence-corrected chi connectivity index (χ0v) is 15.6. The molecular formula is C22H21FN2O3. The molecule has 2 aromatic carbocycles. The van der Waals surface area contributed by atoms with Crippen LogP contribution in [0.15, 0.2) is 54.7 Å². The second-order valence-electron chi connectivity index (χ2n) is 6.82. The molecular weight excluding hydrogens is 359 g/mol. The number of pyridine rings is 1. The van der Waals surface area contributed by atoms with E-state index in [1.165, 1.54) is 12.1 Å². The van der Waals surface area contributed by atoms with Crippen LogP contribution in [0.1, 0.15) is 17.4 Å². The molecule has 6 heteroatoms. The Morgan fingerprint density at radius 1 is 1.21 bits per heavy atom. The third-order valence-electron chi connectivity index (χ3n) is 4.97. The van der Waals surface area contributed by atoms with Gasteiger partial charge in [0.05, 0.1) is 32.4 Å². The summed E-state index contributed by atoms with van der Waals surface area (Å²) in [7, 11) is 1.61. The van der Waals surface area contributed by atoms with E-state index in [0.29, 0.717) is 31.8 Å². The lowest BCUT2D eigenvalue weighted by atomic mass is 10.1. The summed E-state index contributed by atoms with van der Waals surface area (Å²) >= 11 is 0.